The molecule has 53 heavy (non-hydrogen) atoms. The van der Waals surface area contributed by atoms with E-state index in [9.17, 15) is 24.8 Å². The minimum absolute atomic E-state index is 0.0299. The van der Waals surface area contributed by atoms with Gasteiger partial charge in [0.05, 0.1) is 23.7 Å². The van der Waals surface area contributed by atoms with E-state index in [1.807, 2.05) is 78.9 Å². The number of nitro groups is 1. The van der Waals surface area contributed by atoms with E-state index in [-0.39, 0.29) is 48.2 Å². The minimum Gasteiger partial charge on any atom is -0.392 e. The van der Waals surface area contributed by atoms with Crippen molar-refractivity contribution in [1.82, 2.24) is 15.7 Å². The third-order valence-corrected chi connectivity index (χ3v) is 9.72. The van der Waals surface area contributed by atoms with Gasteiger partial charge < -0.3 is 24.8 Å². The summed E-state index contributed by atoms with van der Waals surface area (Å²) in [5.74, 6) is -0.687. The zero-order chi connectivity index (χ0) is 37.2. The molecule has 0 bridgehead atoms. The molecule has 6 rings (SSSR count). The molecule has 278 valence electrons. The van der Waals surface area contributed by atoms with Gasteiger partial charge in [-0.3, -0.25) is 29.8 Å². The van der Waals surface area contributed by atoms with E-state index in [4.69, 9.17) is 14.7 Å². The quantitative estimate of drug-likeness (QED) is 0.0751. The van der Waals surface area contributed by atoms with Gasteiger partial charge in [-0.15, -0.1) is 0 Å². The highest BCUT2D eigenvalue weighted by Crippen LogP contribution is 2.39. The number of aliphatic hydroxyl groups is 1. The standard InChI is InChI=1S/C40H45N5O8/c46-27-28-10-12-30(13-11-28)37-24-36(26-43-18-20-44(21-19-43)34-14-16-35(17-15-34)45(50)51)52-40(53-37)33-7-2-6-32(23-33)31-5-1-4-29(22-31)25-41-38(47)8-3-9-39(48)42-49/h1-2,4-7,10-17,22-23,36-37,40,46,49H,3,8-9,18-21,24-27H2,(H,41,47)(H,42,48)/t36-,37+,40+/m1/s1. The second-order valence-corrected chi connectivity index (χ2v) is 13.4. The summed E-state index contributed by atoms with van der Waals surface area (Å²) < 4.78 is 13.3. The van der Waals surface area contributed by atoms with E-state index >= 15 is 0 Å². The Labute approximate surface area is 308 Å². The molecule has 0 unspecified atom stereocenters. The fraction of sp³-hybridized carbons (Fsp3) is 0.350. The molecule has 0 spiro atoms. The van der Waals surface area contributed by atoms with Crippen molar-refractivity contribution in [3.63, 3.8) is 0 Å². The molecule has 4 aromatic rings. The number of non-ortho nitro benzene ring substituents is 1. The van der Waals surface area contributed by atoms with Crippen LogP contribution < -0.4 is 15.7 Å². The zero-order valence-electron chi connectivity index (χ0n) is 29.4. The Morgan fingerprint density at radius 1 is 0.811 bits per heavy atom. The van der Waals surface area contributed by atoms with Crippen LogP contribution in [0.5, 0.6) is 0 Å². The molecule has 3 atom stereocenters. The molecule has 2 aliphatic rings. The fourth-order valence-corrected chi connectivity index (χ4v) is 6.77. The molecule has 2 amide bonds. The molecule has 0 radical (unpaired) electrons. The first-order valence-electron chi connectivity index (χ1n) is 17.9. The number of carbonyl (C=O) groups is 2. The largest absolute Gasteiger partial charge is 0.392 e. The molecule has 13 nitrogen and oxygen atoms in total. The van der Waals surface area contributed by atoms with E-state index in [0.717, 1.165) is 71.8 Å². The van der Waals surface area contributed by atoms with Crippen LogP contribution in [-0.2, 0) is 32.2 Å². The second-order valence-electron chi connectivity index (χ2n) is 13.4. The maximum atomic E-state index is 12.3. The van der Waals surface area contributed by atoms with Gasteiger partial charge in [-0.1, -0.05) is 60.7 Å². The molecule has 0 aliphatic carbocycles. The van der Waals surface area contributed by atoms with Crippen LogP contribution in [0.15, 0.2) is 97.1 Å². The highest BCUT2D eigenvalue weighted by Gasteiger charge is 2.34. The predicted molar refractivity (Wildman–Crippen MR) is 198 cm³/mol. The number of rotatable bonds is 14. The number of benzene rings is 4. The van der Waals surface area contributed by atoms with Gasteiger partial charge in [0, 0.05) is 81.9 Å². The number of nitrogens with zero attached hydrogens (tertiary/aromatic N) is 3. The Kier molecular flexibility index (Phi) is 12.8. The summed E-state index contributed by atoms with van der Waals surface area (Å²) in [7, 11) is 0. The Balaban J connectivity index is 1.12. The highest BCUT2D eigenvalue weighted by atomic mass is 16.7. The molecule has 2 heterocycles. The molecule has 4 N–H and O–H groups in total. The first-order chi connectivity index (χ1) is 25.8. The van der Waals surface area contributed by atoms with Crippen LogP contribution in [0.25, 0.3) is 11.1 Å². The van der Waals surface area contributed by atoms with Crippen LogP contribution in [-0.4, -0.2) is 70.8 Å². The lowest BCUT2D eigenvalue weighted by Gasteiger charge is -2.41. The maximum Gasteiger partial charge on any atom is 0.269 e. The predicted octanol–water partition coefficient (Wildman–Crippen LogP) is 5.41. The van der Waals surface area contributed by atoms with Crippen LogP contribution >= 0.6 is 0 Å². The highest BCUT2D eigenvalue weighted by molar-refractivity contribution is 5.78. The lowest BCUT2D eigenvalue weighted by Crippen LogP contribution is -2.49. The fourth-order valence-electron chi connectivity index (χ4n) is 6.77. The summed E-state index contributed by atoms with van der Waals surface area (Å²) in [5, 5.41) is 32.2. The van der Waals surface area contributed by atoms with Gasteiger partial charge in [-0.2, -0.15) is 0 Å². The molecule has 2 saturated heterocycles. The summed E-state index contributed by atoms with van der Waals surface area (Å²) >= 11 is 0. The van der Waals surface area contributed by atoms with E-state index in [0.29, 0.717) is 19.4 Å². The molecule has 0 aromatic heterocycles. The van der Waals surface area contributed by atoms with Crippen molar-refractivity contribution in [3.8, 4) is 11.1 Å². The van der Waals surface area contributed by atoms with Gasteiger partial charge >= 0.3 is 0 Å². The van der Waals surface area contributed by atoms with E-state index < -0.39 is 12.2 Å². The number of hydrogen-bond donors (Lipinski definition) is 4. The van der Waals surface area contributed by atoms with Crippen molar-refractivity contribution in [2.45, 2.75) is 57.3 Å². The zero-order valence-corrected chi connectivity index (χ0v) is 29.4. The Bertz CT molecular complexity index is 1850. The minimum atomic E-state index is -0.618. The topological polar surface area (TPSA) is 167 Å². The van der Waals surface area contributed by atoms with Gasteiger partial charge in [-0.25, -0.2) is 5.48 Å². The van der Waals surface area contributed by atoms with Crippen molar-refractivity contribution in [3.05, 3.63) is 129 Å². The first-order valence-corrected chi connectivity index (χ1v) is 17.9. The monoisotopic (exact) mass is 723 g/mol. The maximum absolute atomic E-state index is 12.3. The van der Waals surface area contributed by atoms with Crippen LogP contribution in [0.4, 0.5) is 11.4 Å². The summed E-state index contributed by atoms with van der Waals surface area (Å²) in [6, 6.07) is 30.6. The summed E-state index contributed by atoms with van der Waals surface area (Å²) in [6.45, 7) is 4.28. The summed E-state index contributed by atoms with van der Waals surface area (Å²) in [5.41, 5.74) is 8.26. The van der Waals surface area contributed by atoms with Crippen molar-refractivity contribution < 1.29 is 34.3 Å². The van der Waals surface area contributed by atoms with Crippen LogP contribution in [0.3, 0.4) is 0 Å². The number of nitrogens with one attached hydrogen (secondary N) is 2. The molecule has 2 fully saturated rings. The normalized spacial score (nSPS) is 19.1. The molecular weight excluding hydrogens is 678 g/mol. The number of piperazine rings is 1. The second kappa shape index (κ2) is 18.0. The number of nitro benzene ring substituents is 1. The third kappa shape index (κ3) is 10.2. The summed E-state index contributed by atoms with van der Waals surface area (Å²) in [4.78, 5) is 38.9. The van der Waals surface area contributed by atoms with E-state index in [1.54, 1.807) is 17.6 Å². The van der Waals surface area contributed by atoms with Gasteiger partial charge in [0.25, 0.3) is 5.69 Å². The van der Waals surface area contributed by atoms with Gasteiger partial charge in [0.1, 0.15) is 0 Å². The molecular formula is C40H45N5O8. The van der Waals surface area contributed by atoms with Crippen molar-refractivity contribution in [2.75, 3.05) is 37.6 Å². The van der Waals surface area contributed by atoms with Crippen LogP contribution in [0, 0.1) is 10.1 Å². The van der Waals surface area contributed by atoms with E-state index in [2.05, 4.69) is 21.2 Å². The van der Waals surface area contributed by atoms with Crippen molar-refractivity contribution >= 4 is 23.2 Å². The average Bonchev–Trinajstić information content (AvgIpc) is 3.20. The lowest BCUT2D eigenvalue weighted by molar-refractivity contribution is -0.384. The third-order valence-electron chi connectivity index (χ3n) is 9.72. The van der Waals surface area contributed by atoms with E-state index in [1.165, 1.54) is 0 Å². The molecule has 4 aromatic carbocycles. The van der Waals surface area contributed by atoms with Crippen LogP contribution in [0.1, 0.15) is 60.3 Å². The number of aliphatic hydroxyl groups excluding tert-OH is 1. The molecule has 0 saturated carbocycles. The Morgan fingerprint density at radius 2 is 1.51 bits per heavy atom. The SMILES string of the molecule is O=C(CCCC(=O)NCc1cccc(-c2cccc([C@H]3O[C@@H](CN4CCN(c5ccc([N+](=O)[O-])cc5)CC4)C[C@@H](c4ccc(CO)cc4)O3)c2)c1)NO. The Hall–Kier alpha value is -5.18. The lowest BCUT2D eigenvalue weighted by atomic mass is 9.98. The van der Waals surface area contributed by atoms with Gasteiger partial charge in [0.2, 0.25) is 11.8 Å². The number of ether oxygens (including phenoxy) is 2. The average molecular weight is 724 g/mol. The van der Waals surface area contributed by atoms with Gasteiger partial charge in [-0.05, 0) is 58.5 Å². The van der Waals surface area contributed by atoms with Crippen molar-refractivity contribution in [1.29, 1.82) is 0 Å². The number of anilines is 1. The van der Waals surface area contributed by atoms with Gasteiger partial charge in [0.15, 0.2) is 6.29 Å². The Morgan fingerprint density at radius 3 is 2.21 bits per heavy atom. The number of hydrogen-bond acceptors (Lipinski definition) is 10. The number of carbonyl (C=O) groups excluding carboxylic acids is 2. The smallest absolute Gasteiger partial charge is 0.269 e. The number of amides is 2. The van der Waals surface area contributed by atoms with Crippen LogP contribution in [0.2, 0.25) is 0 Å². The van der Waals surface area contributed by atoms with Crippen molar-refractivity contribution in [2.24, 2.45) is 0 Å². The number of hydroxylamine groups is 1. The molecule has 2 aliphatic heterocycles. The molecule has 13 heteroatoms. The summed E-state index contributed by atoms with van der Waals surface area (Å²) in [6.07, 6.45) is 0.310. The first kappa shape index (κ1) is 37.6.